The third-order valence-electron chi connectivity index (χ3n) is 4.05. The van der Waals surface area contributed by atoms with Crippen LogP contribution >= 0.6 is 11.8 Å². The number of rotatable bonds is 6. The van der Waals surface area contributed by atoms with E-state index < -0.39 is 0 Å². The standard InChI is InChI=1S/C17H21N3O4S/c21-9-3-6-20-16(23)13-4-1-2-5-14(13)18-17(20)25-12-15(22)19-7-10-24-11-8-19/h1-2,4-5,21H,3,6-12H2. The molecule has 8 heteroatoms. The van der Waals surface area contributed by atoms with Gasteiger partial charge in [0.2, 0.25) is 5.91 Å². The van der Waals surface area contributed by atoms with Crippen molar-refractivity contribution in [3.8, 4) is 0 Å². The molecule has 1 amide bonds. The molecule has 1 aromatic heterocycles. The summed E-state index contributed by atoms with van der Waals surface area (Å²) in [6.07, 6.45) is 0.463. The molecule has 1 aliphatic rings. The van der Waals surface area contributed by atoms with Crippen molar-refractivity contribution in [3.63, 3.8) is 0 Å². The van der Waals surface area contributed by atoms with Gasteiger partial charge in [-0.3, -0.25) is 14.2 Å². The van der Waals surface area contributed by atoms with Crippen molar-refractivity contribution in [2.75, 3.05) is 38.7 Å². The van der Waals surface area contributed by atoms with Crippen molar-refractivity contribution in [1.29, 1.82) is 0 Å². The van der Waals surface area contributed by atoms with Crippen molar-refractivity contribution in [2.45, 2.75) is 18.1 Å². The lowest BCUT2D eigenvalue weighted by Gasteiger charge is -2.26. The van der Waals surface area contributed by atoms with Crippen molar-refractivity contribution in [2.24, 2.45) is 0 Å². The van der Waals surface area contributed by atoms with Crippen LogP contribution in [-0.4, -0.2) is 64.1 Å². The number of aliphatic hydroxyl groups excluding tert-OH is 1. The average Bonchev–Trinajstić information content (AvgIpc) is 2.66. The van der Waals surface area contributed by atoms with E-state index in [1.54, 1.807) is 27.7 Å². The number of aliphatic hydroxyl groups is 1. The summed E-state index contributed by atoms with van der Waals surface area (Å²) >= 11 is 1.27. The van der Waals surface area contributed by atoms with Gasteiger partial charge in [-0.1, -0.05) is 23.9 Å². The van der Waals surface area contributed by atoms with E-state index in [0.717, 1.165) is 0 Å². The first-order chi connectivity index (χ1) is 12.2. The lowest BCUT2D eigenvalue weighted by Crippen LogP contribution is -2.41. The maximum atomic E-state index is 12.7. The first-order valence-corrected chi connectivity index (χ1v) is 9.28. The highest BCUT2D eigenvalue weighted by molar-refractivity contribution is 7.99. The van der Waals surface area contributed by atoms with Crippen LogP contribution in [0.1, 0.15) is 6.42 Å². The number of para-hydroxylation sites is 1. The molecule has 1 aliphatic heterocycles. The van der Waals surface area contributed by atoms with Crippen molar-refractivity contribution < 1.29 is 14.6 Å². The minimum Gasteiger partial charge on any atom is -0.396 e. The van der Waals surface area contributed by atoms with Gasteiger partial charge in [0.25, 0.3) is 5.56 Å². The number of morpholine rings is 1. The van der Waals surface area contributed by atoms with Gasteiger partial charge in [0, 0.05) is 26.2 Å². The molecule has 7 nitrogen and oxygen atoms in total. The number of nitrogens with zero attached hydrogens (tertiary/aromatic N) is 3. The molecule has 0 bridgehead atoms. The zero-order chi connectivity index (χ0) is 17.6. The Labute approximate surface area is 149 Å². The first-order valence-electron chi connectivity index (χ1n) is 8.29. The number of hydrogen-bond acceptors (Lipinski definition) is 6. The molecule has 3 rings (SSSR count). The monoisotopic (exact) mass is 363 g/mol. The van der Waals surface area contributed by atoms with E-state index in [1.165, 1.54) is 11.8 Å². The molecule has 1 N–H and O–H groups in total. The van der Waals surface area contributed by atoms with Crippen LogP contribution in [0.3, 0.4) is 0 Å². The van der Waals surface area contributed by atoms with Crippen LogP contribution in [0.15, 0.2) is 34.2 Å². The zero-order valence-corrected chi connectivity index (χ0v) is 14.7. The van der Waals surface area contributed by atoms with E-state index in [9.17, 15) is 9.59 Å². The number of ether oxygens (including phenoxy) is 1. The lowest BCUT2D eigenvalue weighted by molar-refractivity contribution is -0.132. The van der Waals surface area contributed by atoms with Crippen LogP contribution < -0.4 is 5.56 Å². The van der Waals surface area contributed by atoms with Crippen LogP contribution in [0, 0.1) is 0 Å². The van der Waals surface area contributed by atoms with Gasteiger partial charge in [0.1, 0.15) is 0 Å². The Morgan fingerprint density at radius 1 is 1.28 bits per heavy atom. The number of benzene rings is 1. The molecule has 1 fully saturated rings. The maximum absolute atomic E-state index is 12.7. The van der Waals surface area contributed by atoms with Crippen LogP contribution in [0.5, 0.6) is 0 Å². The van der Waals surface area contributed by atoms with E-state index in [4.69, 9.17) is 9.84 Å². The van der Waals surface area contributed by atoms with Gasteiger partial charge in [-0.2, -0.15) is 0 Å². The van der Waals surface area contributed by atoms with Crippen LogP contribution in [0.2, 0.25) is 0 Å². The normalized spacial score (nSPS) is 14.8. The molecule has 0 saturated carbocycles. The molecule has 2 heterocycles. The average molecular weight is 363 g/mol. The number of hydrogen-bond donors (Lipinski definition) is 1. The van der Waals surface area contributed by atoms with Gasteiger partial charge < -0.3 is 14.7 Å². The summed E-state index contributed by atoms with van der Waals surface area (Å²) in [7, 11) is 0. The number of amides is 1. The largest absolute Gasteiger partial charge is 0.396 e. The Bertz CT molecular complexity index is 802. The van der Waals surface area contributed by atoms with Crippen molar-refractivity contribution >= 4 is 28.6 Å². The summed E-state index contributed by atoms with van der Waals surface area (Å²) in [6.45, 7) is 2.69. The van der Waals surface area contributed by atoms with Gasteiger partial charge >= 0.3 is 0 Å². The summed E-state index contributed by atoms with van der Waals surface area (Å²) in [4.78, 5) is 31.4. The fourth-order valence-corrected chi connectivity index (χ4v) is 3.64. The number of carbonyl (C=O) groups is 1. The zero-order valence-electron chi connectivity index (χ0n) is 13.9. The Balaban J connectivity index is 1.83. The molecular weight excluding hydrogens is 342 g/mol. The predicted octanol–water partition coefficient (Wildman–Crippen LogP) is 0.730. The van der Waals surface area contributed by atoms with Crippen LogP contribution in [-0.2, 0) is 16.1 Å². The van der Waals surface area contributed by atoms with Gasteiger partial charge in [-0.25, -0.2) is 4.98 Å². The number of thioether (sulfide) groups is 1. The number of carbonyl (C=O) groups excluding carboxylic acids is 1. The van der Waals surface area contributed by atoms with E-state index in [-0.39, 0.29) is 23.8 Å². The highest BCUT2D eigenvalue weighted by Gasteiger charge is 2.18. The molecule has 1 saturated heterocycles. The fourth-order valence-electron chi connectivity index (χ4n) is 2.71. The topological polar surface area (TPSA) is 84.7 Å². The summed E-state index contributed by atoms with van der Waals surface area (Å²) in [5, 5.41) is 10.2. The maximum Gasteiger partial charge on any atom is 0.262 e. The quantitative estimate of drug-likeness (QED) is 0.602. The summed E-state index contributed by atoms with van der Waals surface area (Å²) in [5.74, 6) is 0.244. The van der Waals surface area contributed by atoms with E-state index >= 15 is 0 Å². The highest BCUT2D eigenvalue weighted by atomic mass is 32.2. The molecule has 134 valence electrons. The first kappa shape index (κ1) is 17.9. The lowest BCUT2D eigenvalue weighted by atomic mass is 10.2. The Morgan fingerprint density at radius 3 is 2.80 bits per heavy atom. The van der Waals surface area contributed by atoms with E-state index in [1.807, 2.05) is 6.07 Å². The van der Waals surface area contributed by atoms with Gasteiger partial charge in [0.15, 0.2) is 5.16 Å². The molecule has 0 spiro atoms. The van der Waals surface area contributed by atoms with Crippen LogP contribution in [0.25, 0.3) is 10.9 Å². The Hall–Kier alpha value is -1.90. The predicted molar refractivity (Wildman–Crippen MR) is 95.8 cm³/mol. The summed E-state index contributed by atoms with van der Waals surface area (Å²) < 4.78 is 6.81. The van der Waals surface area contributed by atoms with Gasteiger partial charge in [0.05, 0.1) is 29.9 Å². The van der Waals surface area contributed by atoms with Crippen LogP contribution in [0.4, 0.5) is 0 Å². The molecular formula is C17H21N3O4S. The smallest absolute Gasteiger partial charge is 0.262 e. The highest BCUT2D eigenvalue weighted by Crippen LogP contribution is 2.19. The van der Waals surface area contributed by atoms with Gasteiger partial charge in [-0.05, 0) is 18.6 Å². The SMILES string of the molecule is O=C(CSc1nc2ccccc2c(=O)n1CCCO)N1CCOCC1. The molecule has 0 aliphatic carbocycles. The van der Waals surface area contributed by atoms with E-state index in [2.05, 4.69) is 4.98 Å². The van der Waals surface area contributed by atoms with Gasteiger partial charge in [-0.15, -0.1) is 0 Å². The molecule has 1 aromatic carbocycles. The van der Waals surface area contributed by atoms with Crippen molar-refractivity contribution in [1.82, 2.24) is 14.5 Å². The number of aromatic nitrogens is 2. The van der Waals surface area contributed by atoms with Crippen molar-refractivity contribution in [3.05, 3.63) is 34.6 Å². The molecule has 0 radical (unpaired) electrons. The molecule has 0 atom stereocenters. The number of fused-ring (bicyclic) bond motifs is 1. The second-order valence-corrected chi connectivity index (χ2v) is 6.67. The Morgan fingerprint density at radius 2 is 2.04 bits per heavy atom. The minimum absolute atomic E-state index is 0.00389. The summed E-state index contributed by atoms with van der Waals surface area (Å²) in [6, 6.07) is 7.17. The Kier molecular flexibility index (Phi) is 6.06. The minimum atomic E-state index is -0.139. The summed E-state index contributed by atoms with van der Waals surface area (Å²) in [5.41, 5.74) is 0.481. The molecule has 2 aromatic rings. The molecule has 0 unspecified atom stereocenters. The third-order valence-corrected chi connectivity index (χ3v) is 5.02. The second kappa shape index (κ2) is 8.46. The molecule has 25 heavy (non-hydrogen) atoms. The fraction of sp³-hybridized carbons (Fsp3) is 0.471. The van der Waals surface area contributed by atoms with E-state index in [0.29, 0.717) is 55.3 Å². The second-order valence-electron chi connectivity index (χ2n) is 5.73. The third kappa shape index (κ3) is 4.20.